The normalized spacial score (nSPS) is 11.4. The largest absolute Gasteiger partial charge is 0.476 e. The van der Waals surface area contributed by atoms with Crippen LogP contribution in [0.1, 0.15) is 31.8 Å². The van der Waals surface area contributed by atoms with Crippen molar-refractivity contribution in [2.75, 3.05) is 0 Å². The maximum absolute atomic E-state index is 10.9. The van der Waals surface area contributed by atoms with Gasteiger partial charge in [-0.25, -0.2) is 9.78 Å². The lowest BCUT2D eigenvalue weighted by Gasteiger charge is -1.89. The van der Waals surface area contributed by atoms with Crippen molar-refractivity contribution in [3.63, 3.8) is 0 Å². The number of hydrogen-bond acceptors (Lipinski definition) is 4. The van der Waals surface area contributed by atoms with Gasteiger partial charge in [-0.3, -0.25) is 4.68 Å². The second-order valence-electron chi connectivity index (χ2n) is 4.00. The van der Waals surface area contributed by atoms with Crippen LogP contribution in [0.5, 0.6) is 0 Å². The number of aromatic carboxylic acids is 1. The zero-order valence-electron chi connectivity index (χ0n) is 10.6. The number of hydrogen-bond donors (Lipinski definition) is 1. The summed E-state index contributed by atoms with van der Waals surface area (Å²) < 4.78 is 1.69. The number of carboxylic acid groups (broad SMARTS) is 1. The molecular weight excluding hydrogens is 286 g/mol. The highest BCUT2D eigenvalue weighted by molar-refractivity contribution is 7.12. The Morgan fingerprint density at radius 1 is 1.42 bits per heavy atom. The van der Waals surface area contributed by atoms with Crippen molar-refractivity contribution in [2.24, 2.45) is 7.05 Å². The zero-order chi connectivity index (χ0) is 14.2. The van der Waals surface area contributed by atoms with Gasteiger partial charge in [0.1, 0.15) is 10.7 Å². The van der Waals surface area contributed by atoms with Crippen LogP contribution in [0.25, 0.3) is 12.2 Å². The fourth-order valence-electron chi connectivity index (χ4n) is 1.55. The molecule has 0 amide bonds. The highest BCUT2D eigenvalue weighted by Gasteiger charge is 2.13. The molecule has 7 heteroatoms. The van der Waals surface area contributed by atoms with E-state index in [4.69, 9.17) is 16.7 Å². The molecule has 0 aliphatic carbocycles. The monoisotopic (exact) mass is 297 g/mol. The molecule has 100 valence electrons. The number of thiazole rings is 1. The summed E-state index contributed by atoms with van der Waals surface area (Å²) in [5.74, 6) is -1.01. The summed E-state index contributed by atoms with van der Waals surface area (Å²) in [6, 6.07) is 0. The van der Waals surface area contributed by atoms with Crippen LogP contribution in [0.3, 0.4) is 0 Å². The summed E-state index contributed by atoms with van der Waals surface area (Å²) >= 11 is 7.44. The van der Waals surface area contributed by atoms with E-state index in [0.29, 0.717) is 20.6 Å². The molecular formula is C12H12ClN3O2S. The molecule has 0 aliphatic heterocycles. The predicted octanol–water partition coefficient (Wildman–Crippen LogP) is 3.02. The third-order valence-electron chi connectivity index (χ3n) is 2.69. The van der Waals surface area contributed by atoms with E-state index < -0.39 is 5.97 Å². The first kappa shape index (κ1) is 13.8. The standard InChI is InChI=1S/C12H12ClN3O2S/c1-6-10(13)8(15-16(6)3)4-5-9-14-11(12(17)18)7(2)19-9/h4-5H,1-3H3,(H,17,18). The Balaban J connectivity index is 2.30. The summed E-state index contributed by atoms with van der Waals surface area (Å²) in [7, 11) is 1.81. The fourth-order valence-corrected chi connectivity index (χ4v) is 2.59. The summed E-state index contributed by atoms with van der Waals surface area (Å²) in [6.07, 6.45) is 3.46. The Morgan fingerprint density at radius 3 is 2.58 bits per heavy atom. The molecule has 2 rings (SSSR count). The Bertz CT molecular complexity index is 673. The number of aryl methyl sites for hydroxylation is 2. The van der Waals surface area contributed by atoms with E-state index in [9.17, 15) is 4.79 Å². The van der Waals surface area contributed by atoms with Crippen LogP contribution in [0.15, 0.2) is 0 Å². The first-order valence-electron chi connectivity index (χ1n) is 5.48. The van der Waals surface area contributed by atoms with Gasteiger partial charge in [0.2, 0.25) is 0 Å². The van der Waals surface area contributed by atoms with Crippen molar-refractivity contribution in [3.05, 3.63) is 32.0 Å². The van der Waals surface area contributed by atoms with Gasteiger partial charge in [0.05, 0.1) is 10.7 Å². The number of carbonyl (C=O) groups is 1. The van der Waals surface area contributed by atoms with Gasteiger partial charge < -0.3 is 5.11 Å². The molecule has 19 heavy (non-hydrogen) atoms. The topological polar surface area (TPSA) is 68.0 Å². The van der Waals surface area contributed by atoms with Gasteiger partial charge in [-0.2, -0.15) is 5.10 Å². The summed E-state index contributed by atoms with van der Waals surface area (Å²) in [6.45, 7) is 3.61. The second kappa shape index (κ2) is 5.14. The molecule has 0 saturated heterocycles. The van der Waals surface area contributed by atoms with Gasteiger partial charge >= 0.3 is 5.97 Å². The second-order valence-corrected chi connectivity index (χ2v) is 5.62. The van der Waals surface area contributed by atoms with Crippen molar-refractivity contribution in [1.82, 2.24) is 14.8 Å². The number of carboxylic acids is 1. The molecule has 2 aromatic rings. The van der Waals surface area contributed by atoms with Crippen molar-refractivity contribution < 1.29 is 9.90 Å². The quantitative estimate of drug-likeness (QED) is 0.945. The van der Waals surface area contributed by atoms with Crippen LogP contribution in [0.2, 0.25) is 5.02 Å². The molecule has 0 aromatic carbocycles. The first-order valence-corrected chi connectivity index (χ1v) is 6.67. The lowest BCUT2D eigenvalue weighted by Crippen LogP contribution is -1.98. The third-order valence-corrected chi connectivity index (χ3v) is 4.09. The van der Waals surface area contributed by atoms with Crippen molar-refractivity contribution in [3.8, 4) is 0 Å². The fraction of sp³-hybridized carbons (Fsp3) is 0.250. The van der Waals surface area contributed by atoms with E-state index >= 15 is 0 Å². The van der Waals surface area contributed by atoms with E-state index in [1.807, 2.05) is 14.0 Å². The number of halogens is 1. The minimum Gasteiger partial charge on any atom is -0.476 e. The lowest BCUT2D eigenvalue weighted by atomic mass is 10.3. The summed E-state index contributed by atoms with van der Waals surface area (Å²) in [5, 5.41) is 14.4. The average molecular weight is 298 g/mol. The highest BCUT2D eigenvalue weighted by atomic mass is 35.5. The van der Waals surface area contributed by atoms with E-state index in [1.165, 1.54) is 11.3 Å². The molecule has 0 spiro atoms. The maximum Gasteiger partial charge on any atom is 0.355 e. The molecule has 2 heterocycles. The summed E-state index contributed by atoms with van der Waals surface area (Å²) in [5.41, 5.74) is 1.61. The van der Waals surface area contributed by atoms with Gasteiger partial charge in [0, 0.05) is 11.9 Å². The minimum atomic E-state index is -1.01. The molecule has 5 nitrogen and oxygen atoms in total. The van der Waals surface area contributed by atoms with Gasteiger partial charge in [-0.05, 0) is 26.0 Å². The maximum atomic E-state index is 10.9. The molecule has 0 aliphatic rings. The molecule has 2 aromatic heterocycles. The van der Waals surface area contributed by atoms with Gasteiger partial charge in [-0.1, -0.05) is 11.6 Å². The lowest BCUT2D eigenvalue weighted by molar-refractivity contribution is 0.0690. The SMILES string of the molecule is Cc1sc(C=Cc2nn(C)c(C)c2Cl)nc1C(=O)O. The Labute approximate surface area is 119 Å². The smallest absolute Gasteiger partial charge is 0.355 e. The zero-order valence-corrected chi connectivity index (χ0v) is 12.2. The minimum absolute atomic E-state index is 0.0907. The predicted molar refractivity (Wildman–Crippen MR) is 75.7 cm³/mol. The molecule has 0 radical (unpaired) electrons. The van der Waals surface area contributed by atoms with E-state index in [0.717, 1.165) is 5.69 Å². The third kappa shape index (κ3) is 2.69. The molecule has 1 N–H and O–H groups in total. The van der Waals surface area contributed by atoms with Gasteiger partial charge in [0.15, 0.2) is 5.69 Å². The van der Waals surface area contributed by atoms with Crippen LogP contribution in [-0.4, -0.2) is 25.8 Å². The number of aromatic nitrogens is 3. The van der Waals surface area contributed by atoms with E-state index in [-0.39, 0.29) is 5.69 Å². The Kier molecular flexibility index (Phi) is 3.73. The average Bonchev–Trinajstić information content (AvgIpc) is 2.83. The van der Waals surface area contributed by atoms with Crippen LogP contribution in [0.4, 0.5) is 0 Å². The number of nitrogens with zero attached hydrogens (tertiary/aromatic N) is 3. The molecule has 0 saturated carbocycles. The van der Waals surface area contributed by atoms with E-state index in [1.54, 1.807) is 23.8 Å². The van der Waals surface area contributed by atoms with Crippen LogP contribution in [0, 0.1) is 13.8 Å². The molecule has 0 bridgehead atoms. The molecule has 0 atom stereocenters. The van der Waals surface area contributed by atoms with Crippen molar-refractivity contribution >= 4 is 41.1 Å². The van der Waals surface area contributed by atoms with Gasteiger partial charge in [-0.15, -0.1) is 11.3 Å². The van der Waals surface area contributed by atoms with Crippen LogP contribution in [-0.2, 0) is 7.05 Å². The molecule has 0 unspecified atom stereocenters. The van der Waals surface area contributed by atoms with Crippen molar-refractivity contribution in [2.45, 2.75) is 13.8 Å². The van der Waals surface area contributed by atoms with Crippen LogP contribution >= 0.6 is 22.9 Å². The van der Waals surface area contributed by atoms with Crippen molar-refractivity contribution in [1.29, 1.82) is 0 Å². The highest BCUT2D eigenvalue weighted by Crippen LogP contribution is 2.23. The Hall–Kier alpha value is -1.66. The number of rotatable bonds is 3. The van der Waals surface area contributed by atoms with Gasteiger partial charge in [0.25, 0.3) is 0 Å². The van der Waals surface area contributed by atoms with E-state index in [2.05, 4.69) is 10.1 Å². The molecule has 0 fully saturated rings. The first-order chi connectivity index (χ1) is 8.90. The Morgan fingerprint density at radius 2 is 2.11 bits per heavy atom. The van der Waals surface area contributed by atoms with Crippen LogP contribution < -0.4 is 0 Å². The summed E-state index contributed by atoms with van der Waals surface area (Å²) in [4.78, 5) is 15.6.